The maximum atomic E-state index is 11.9. The van der Waals surface area contributed by atoms with Crippen molar-refractivity contribution in [1.29, 1.82) is 0 Å². The molecular weight excluding hydrogens is 340 g/mol. The van der Waals surface area contributed by atoms with Crippen LogP contribution in [0.1, 0.15) is 48.0 Å². The van der Waals surface area contributed by atoms with Crippen LogP contribution in [0.15, 0.2) is 18.2 Å². The summed E-state index contributed by atoms with van der Waals surface area (Å²) < 4.78 is 0. The van der Waals surface area contributed by atoms with Gasteiger partial charge in [0, 0.05) is 26.1 Å². The molecule has 2 fully saturated rings. The summed E-state index contributed by atoms with van der Waals surface area (Å²) in [6, 6.07) is 5.17. The number of benzene rings is 1. The Labute approximate surface area is 153 Å². The monoisotopic (exact) mass is 364 g/mol. The van der Waals surface area contributed by atoms with Gasteiger partial charge in [0.05, 0.1) is 10.6 Å². The molecule has 0 atom stereocenters. The van der Waals surface area contributed by atoms with Crippen LogP contribution in [0.5, 0.6) is 0 Å². The first kappa shape index (κ1) is 18.2. The highest BCUT2D eigenvalue weighted by molar-refractivity contribution is 6.33. The van der Waals surface area contributed by atoms with E-state index in [9.17, 15) is 9.59 Å². The third kappa shape index (κ3) is 4.73. The van der Waals surface area contributed by atoms with Gasteiger partial charge in [0.15, 0.2) is 0 Å². The van der Waals surface area contributed by atoms with E-state index in [1.54, 1.807) is 12.1 Å². The number of likely N-dealkylation sites (tertiary alicyclic amines) is 2. The fraction of sp³-hybridized carbons (Fsp3) is 0.579. The molecule has 2 aliphatic heterocycles. The summed E-state index contributed by atoms with van der Waals surface area (Å²) in [4.78, 5) is 27.4. The molecule has 3 rings (SSSR count). The summed E-state index contributed by atoms with van der Waals surface area (Å²) in [5, 5.41) is 9.33. The second-order valence-electron chi connectivity index (χ2n) is 7.14. The van der Waals surface area contributed by atoms with Crippen LogP contribution in [-0.2, 0) is 11.3 Å². The lowest BCUT2D eigenvalue weighted by Crippen LogP contribution is -2.42. The Hall–Kier alpha value is -1.59. The topological polar surface area (TPSA) is 60.9 Å². The van der Waals surface area contributed by atoms with Crippen LogP contribution in [0.3, 0.4) is 0 Å². The number of rotatable bonds is 5. The van der Waals surface area contributed by atoms with E-state index in [1.165, 1.54) is 0 Å². The van der Waals surface area contributed by atoms with E-state index in [4.69, 9.17) is 16.7 Å². The first-order valence-electron chi connectivity index (χ1n) is 9.05. The molecule has 5 nitrogen and oxygen atoms in total. The fourth-order valence-corrected chi connectivity index (χ4v) is 4.07. The van der Waals surface area contributed by atoms with E-state index in [-0.39, 0.29) is 5.56 Å². The maximum Gasteiger partial charge on any atom is 0.337 e. The number of carboxylic acids is 1. The number of halogens is 1. The van der Waals surface area contributed by atoms with Gasteiger partial charge in [-0.1, -0.05) is 17.7 Å². The molecule has 1 aromatic rings. The molecule has 0 radical (unpaired) electrons. The van der Waals surface area contributed by atoms with E-state index < -0.39 is 5.97 Å². The first-order valence-corrected chi connectivity index (χ1v) is 9.42. The lowest BCUT2D eigenvalue weighted by Gasteiger charge is -2.36. The number of hydrogen-bond acceptors (Lipinski definition) is 3. The van der Waals surface area contributed by atoms with Crippen LogP contribution >= 0.6 is 11.6 Å². The van der Waals surface area contributed by atoms with Crippen LogP contribution < -0.4 is 0 Å². The molecule has 1 N–H and O–H groups in total. The molecule has 136 valence electrons. The van der Waals surface area contributed by atoms with E-state index in [1.807, 2.05) is 11.0 Å². The van der Waals surface area contributed by atoms with Crippen molar-refractivity contribution in [1.82, 2.24) is 9.80 Å². The molecule has 25 heavy (non-hydrogen) atoms. The predicted octanol–water partition coefficient (Wildman–Crippen LogP) is 3.26. The molecule has 1 aromatic carbocycles. The zero-order valence-electron chi connectivity index (χ0n) is 14.4. The molecule has 0 unspecified atom stereocenters. The van der Waals surface area contributed by atoms with Crippen LogP contribution in [0, 0.1) is 5.92 Å². The molecule has 0 aromatic heterocycles. The molecule has 1 amide bonds. The van der Waals surface area contributed by atoms with Gasteiger partial charge >= 0.3 is 5.97 Å². The Balaban J connectivity index is 1.48. The average Bonchev–Trinajstić information content (AvgIpc) is 2.58. The Morgan fingerprint density at radius 2 is 1.96 bits per heavy atom. The number of hydrogen-bond donors (Lipinski definition) is 1. The lowest BCUT2D eigenvalue weighted by molar-refractivity contribution is -0.134. The molecule has 0 spiro atoms. The summed E-state index contributed by atoms with van der Waals surface area (Å²) >= 11 is 6.05. The SMILES string of the molecule is O=C(O)c1ccc(CN2CCC(CN3CCCCC3=O)CC2)cc1Cl. The van der Waals surface area contributed by atoms with Crippen LogP contribution in [0.2, 0.25) is 5.02 Å². The summed E-state index contributed by atoms with van der Waals surface area (Å²) in [5.41, 5.74) is 1.19. The maximum absolute atomic E-state index is 11.9. The molecular formula is C19H25ClN2O3. The third-order valence-electron chi connectivity index (χ3n) is 5.28. The minimum absolute atomic E-state index is 0.148. The molecule has 2 saturated heterocycles. The number of nitrogens with zero attached hydrogens (tertiary/aromatic N) is 2. The van der Waals surface area contributed by atoms with Gasteiger partial charge in [0.25, 0.3) is 0 Å². The van der Waals surface area contributed by atoms with Gasteiger partial charge < -0.3 is 10.0 Å². The van der Waals surface area contributed by atoms with Crippen molar-refractivity contribution < 1.29 is 14.7 Å². The quantitative estimate of drug-likeness (QED) is 0.871. The number of piperidine rings is 2. The van der Waals surface area contributed by atoms with Crippen molar-refractivity contribution in [2.75, 3.05) is 26.2 Å². The smallest absolute Gasteiger partial charge is 0.337 e. The minimum Gasteiger partial charge on any atom is -0.478 e. The van der Waals surface area contributed by atoms with Crippen molar-refractivity contribution in [3.05, 3.63) is 34.3 Å². The fourth-order valence-electron chi connectivity index (χ4n) is 3.78. The molecule has 2 aliphatic rings. The van der Waals surface area contributed by atoms with Gasteiger partial charge in [-0.15, -0.1) is 0 Å². The highest BCUT2D eigenvalue weighted by Crippen LogP contribution is 2.24. The largest absolute Gasteiger partial charge is 0.478 e. The van der Waals surface area contributed by atoms with Gasteiger partial charge in [-0.3, -0.25) is 9.69 Å². The summed E-state index contributed by atoms with van der Waals surface area (Å²) in [6.07, 6.45) is 5.09. The van der Waals surface area contributed by atoms with E-state index >= 15 is 0 Å². The Bertz CT molecular complexity index is 642. The number of carbonyl (C=O) groups excluding carboxylic acids is 1. The minimum atomic E-state index is -0.996. The summed E-state index contributed by atoms with van der Waals surface area (Å²) in [6.45, 7) is 4.63. The lowest BCUT2D eigenvalue weighted by atomic mass is 9.95. The summed E-state index contributed by atoms with van der Waals surface area (Å²) in [5.74, 6) is -0.0808. The van der Waals surface area contributed by atoms with E-state index in [2.05, 4.69) is 4.90 Å². The first-order chi connectivity index (χ1) is 12.0. The molecule has 6 heteroatoms. The van der Waals surface area contributed by atoms with Crippen molar-refractivity contribution >= 4 is 23.5 Å². The standard InChI is InChI=1S/C19H25ClN2O3/c20-17-11-15(4-5-16(17)19(24)25)12-21-9-6-14(7-10-21)13-22-8-2-1-3-18(22)23/h4-5,11,14H,1-3,6-10,12-13H2,(H,24,25). The zero-order valence-corrected chi connectivity index (χ0v) is 15.2. The molecule has 0 saturated carbocycles. The van der Waals surface area contributed by atoms with Gasteiger partial charge in [-0.25, -0.2) is 4.79 Å². The van der Waals surface area contributed by atoms with Crippen molar-refractivity contribution in [2.24, 2.45) is 5.92 Å². The van der Waals surface area contributed by atoms with Gasteiger partial charge in [0.2, 0.25) is 5.91 Å². The van der Waals surface area contributed by atoms with Gasteiger partial charge in [-0.05, 0) is 62.4 Å². The normalized spacial score (nSPS) is 20.0. The number of carboxylic acid groups (broad SMARTS) is 1. The van der Waals surface area contributed by atoms with Crippen LogP contribution in [-0.4, -0.2) is 53.0 Å². The van der Waals surface area contributed by atoms with Crippen LogP contribution in [0.25, 0.3) is 0 Å². The summed E-state index contributed by atoms with van der Waals surface area (Å²) in [7, 11) is 0. The average molecular weight is 365 g/mol. The molecule has 2 heterocycles. The second kappa shape index (κ2) is 8.19. The van der Waals surface area contributed by atoms with Crippen molar-refractivity contribution in [3.63, 3.8) is 0 Å². The molecule has 0 aliphatic carbocycles. The highest BCUT2D eigenvalue weighted by atomic mass is 35.5. The van der Waals surface area contributed by atoms with Crippen molar-refractivity contribution in [3.8, 4) is 0 Å². The number of aromatic carboxylic acids is 1. The Morgan fingerprint density at radius 3 is 2.60 bits per heavy atom. The van der Waals surface area contributed by atoms with Crippen LogP contribution in [0.4, 0.5) is 0 Å². The number of carbonyl (C=O) groups is 2. The third-order valence-corrected chi connectivity index (χ3v) is 5.59. The molecule has 0 bridgehead atoms. The predicted molar refractivity (Wildman–Crippen MR) is 96.8 cm³/mol. The second-order valence-corrected chi connectivity index (χ2v) is 7.54. The Kier molecular flexibility index (Phi) is 5.97. The van der Waals surface area contributed by atoms with E-state index in [0.29, 0.717) is 23.3 Å². The van der Waals surface area contributed by atoms with Crippen molar-refractivity contribution in [2.45, 2.75) is 38.6 Å². The number of amides is 1. The highest BCUT2D eigenvalue weighted by Gasteiger charge is 2.25. The Morgan fingerprint density at radius 1 is 1.20 bits per heavy atom. The zero-order chi connectivity index (χ0) is 17.8. The van der Waals surface area contributed by atoms with Gasteiger partial charge in [0.1, 0.15) is 0 Å². The van der Waals surface area contributed by atoms with E-state index in [0.717, 1.165) is 64.0 Å². The van der Waals surface area contributed by atoms with Gasteiger partial charge in [-0.2, -0.15) is 0 Å².